The van der Waals surface area contributed by atoms with Crippen LogP contribution in [0.2, 0.25) is 0 Å². The van der Waals surface area contributed by atoms with Gasteiger partial charge in [-0.25, -0.2) is 0 Å². The molecule has 9 nitrogen and oxygen atoms in total. The Morgan fingerprint density at radius 1 is 1.09 bits per heavy atom. The van der Waals surface area contributed by atoms with Crippen molar-refractivity contribution in [1.82, 2.24) is 9.80 Å². The van der Waals surface area contributed by atoms with Crippen molar-refractivity contribution in [3.63, 3.8) is 0 Å². The van der Waals surface area contributed by atoms with Crippen LogP contribution in [0.4, 0.5) is 11.4 Å². The molecule has 1 aromatic rings. The molecule has 3 amide bonds. The molecule has 44 heavy (non-hydrogen) atoms. The van der Waals surface area contributed by atoms with Gasteiger partial charge < -0.3 is 29.4 Å². The zero-order valence-electron chi connectivity index (χ0n) is 27.7. The van der Waals surface area contributed by atoms with Gasteiger partial charge in [0.1, 0.15) is 11.6 Å². The third-order valence-corrected chi connectivity index (χ3v) is 10.7. The van der Waals surface area contributed by atoms with Crippen molar-refractivity contribution in [2.75, 3.05) is 49.6 Å². The molecule has 8 atom stereocenters. The lowest BCUT2D eigenvalue weighted by Gasteiger charge is -2.41. The SMILES string of the molecule is C=CCN(C)C(=O)[C@H]1[C@H]2C(=O)N([C@@H](CO)[C@@H](C)CC)C(C(=O)N(CC=C)c3ccc(N(CC)CC)cc3)C23CC(C)[C@]1(C)O3. The van der Waals surface area contributed by atoms with Crippen LogP contribution in [0.25, 0.3) is 0 Å². The fraction of sp³-hybridized carbons (Fsp3) is 0.629. The highest BCUT2D eigenvalue weighted by Gasteiger charge is 2.80. The van der Waals surface area contributed by atoms with Gasteiger partial charge in [-0.05, 0) is 63.3 Å². The van der Waals surface area contributed by atoms with E-state index in [0.29, 0.717) is 25.1 Å². The number of ether oxygens (including phenoxy) is 1. The van der Waals surface area contributed by atoms with Gasteiger partial charge in [-0.1, -0.05) is 39.3 Å². The van der Waals surface area contributed by atoms with Crippen LogP contribution in [0.15, 0.2) is 49.6 Å². The second-order valence-electron chi connectivity index (χ2n) is 13.0. The monoisotopic (exact) mass is 608 g/mol. The van der Waals surface area contributed by atoms with Crippen molar-refractivity contribution in [2.45, 2.75) is 77.7 Å². The number of aliphatic hydroxyl groups excluding tert-OH is 1. The minimum Gasteiger partial charge on any atom is -0.394 e. The van der Waals surface area contributed by atoms with Crippen LogP contribution in [0.3, 0.4) is 0 Å². The molecule has 2 bridgehead atoms. The normalized spacial score (nSPS) is 30.1. The molecule has 3 fully saturated rings. The average molecular weight is 609 g/mol. The van der Waals surface area contributed by atoms with Crippen molar-refractivity contribution in [3.05, 3.63) is 49.6 Å². The molecule has 3 aliphatic heterocycles. The summed E-state index contributed by atoms with van der Waals surface area (Å²) in [6.07, 6.45) is 4.50. The summed E-state index contributed by atoms with van der Waals surface area (Å²) in [5.74, 6) is -2.54. The number of aliphatic hydroxyl groups is 1. The zero-order valence-corrected chi connectivity index (χ0v) is 27.7. The summed E-state index contributed by atoms with van der Waals surface area (Å²) in [4.78, 5) is 50.8. The van der Waals surface area contributed by atoms with Crippen LogP contribution in [0.1, 0.15) is 54.4 Å². The summed E-state index contributed by atoms with van der Waals surface area (Å²) < 4.78 is 6.93. The first-order valence-electron chi connectivity index (χ1n) is 16.2. The highest BCUT2D eigenvalue weighted by molar-refractivity contribution is 6.05. The average Bonchev–Trinajstić information content (AvgIpc) is 3.53. The summed E-state index contributed by atoms with van der Waals surface area (Å²) in [6, 6.07) is 6.24. The number of likely N-dealkylation sites (N-methyl/N-ethyl adjacent to an activating group) is 1. The van der Waals surface area contributed by atoms with Crippen molar-refractivity contribution >= 4 is 29.1 Å². The molecule has 1 aromatic carbocycles. The molecule has 9 heteroatoms. The first-order chi connectivity index (χ1) is 20.9. The van der Waals surface area contributed by atoms with E-state index in [2.05, 4.69) is 31.9 Å². The van der Waals surface area contributed by atoms with Crippen molar-refractivity contribution in [2.24, 2.45) is 23.7 Å². The molecule has 3 aliphatic rings. The van der Waals surface area contributed by atoms with Crippen LogP contribution in [0, 0.1) is 23.7 Å². The second-order valence-corrected chi connectivity index (χ2v) is 13.0. The van der Waals surface area contributed by atoms with Crippen molar-refractivity contribution < 1.29 is 24.2 Å². The number of rotatable bonds is 14. The van der Waals surface area contributed by atoms with E-state index in [1.54, 1.807) is 33.9 Å². The molecule has 1 spiro atoms. The van der Waals surface area contributed by atoms with E-state index in [4.69, 9.17) is 4.74 Å². The molecule has 3 saturated heterocycles. The summed E-state index contributed by atoms with van der Waals surface area (Å²) in [5.41, 5.74) is -0.383. The van der Waals surface area contributed by atoms with Gasteiger partial charge in [0, 0.05) is 44.6 Å². The zero-order chi connectivity index (χ0) is 32.6. The Balaban J connectivity index is 1.87. The summed E-state index contributed by atoms with van der Waals surface area (Å²) >= 11 is 0. The molecule has 0 aliphatic carbocycles. The first kappa shape index (κ1) is 33.7. The van der Waals surface area contributed by atoms with Crippen molar-refractivity contribution in [1.29, 1.82) is 0 Å². The molecular weight excluding hydrogens is 556 g/mol. The minimum atomic E-state index is -1.21. The van der Waals surface area contributed by atoms with Crippen LogP contribution in [-0.4, -0.2) is 95.7 Å². The van der Waals surface area contributed by atoms with Gasteiger partial charge in [0.2, 0.25) is 11.8 Å². The smallest absolute Gasteiger partial charge is 0.253 e. The van der Waals surface area contributed by atoms with E-state index in [-0.39, 0.29) is 42.7 Å². The van der Waals surface area contributed by atoms with E-state index >= 15 is 4.79 Å². The van der Waals surface area contributed by atoms with Gasteiger partial charge in [-0.3, -0.25) is 14.4 Å². The fourth-order valence-electron chi connectivity index (χ4n) is 8.06. The molecule has 3 heterocycles. The lowest BCUT2D eigenvalue weighted by molar-refractivity contribution is -0.154. The summed E-state index contributed by atoms with van der Waals surface area (Å²) in [5, 5.41) is 10.7. The predicted octanol–water partition coefficient (Wildman–Crippen LogP) is 4.11. The maximum Gasteiger partial charge on any atom is 0.253 e. The Morgan fingerprint density at radius 3 is 2.20 bits per heavy atom. The quantitative estimate of drug-likeness (QED) is 0.320. The Hall–Kier alpha value is -3.17. The van der Waals surface area contributed by atoms with E-state index in [0.717, 1.165) is 18.8 Å². The molecule has 3 unspecified atom stereocenters. The topological polar surface area (TPSA) is 93.6 Å². The second kappa shape index (κ2) is 13.1. The predicted molar refractivity (Wildman–Crippen MR) is 174 cm³/mol. The molecule has 1 N–H and O–H groups in total. The number of fused-ring (bicyclic) bond motifs is 1. The number of amides is 3. The van der Waals surface area contributed by atoms with Gasteiger partial charge >= 0.3 is 0 Å². The van der Waals surface area contributed by atoms with Gasteiger partial charge in [-0.15, -0.1) is 13.2 Å². The van der Waals surface area contributed by atoms with Gasteiger partial charge in [0.05, 0.1) is 30.1 Å². The first-order valence-corrected chi connectivity index (χ1v) is 16.2. The maximum atomic E-state index is 15.0. The lowest BCUT2D eigenvalue weighted by atomic mass is 9.62. The van der Waals surface area contributed by atoms with Crippen LogP contribution >= 0.6 is 0 Å². The molecule has 0 aromatic heterocycles. The largest absolute Gasteiger partial charge is 0.394 e. The fourth-order valence-corrected chi connectivity index (χ4v) is 8.06. The van der Waals surface area contributed by atoms with E-state index in [1.807, 2.05) is 52.0 Å². The van der Waals surface area contributed by atoms with Gasteiger partial charge in [0.15, 0.2) is 0 Å². The number of likely N-dealkylation sites (tertiary alicyclic amines) is 1. The molecule has 0 radical (unpaired) electrons. The van der Waals surface area contributed by atoms with Crippen LogP contribution in [-0.2, 0) is 19.1 Å². The number of hydrogen-bond acceptors (Lipinski definition) is 6. The summed E-state index contributed by atoms with van der Waals surface area (Å²) in [7, 11) is 1.71. The van der Waals surface area contributed by atoms with E-state index in [9.17, 15) is 14.7 Å². The van der Waals surface area contributed by atoms with Crippen LogP contribution in [0.5, 0.6) is 0 Å². The standard InChI is InChI=1S/C35H52N4O5/c1-10-19-36(9)31(41)28-29-32(42)39(27(22-40)23(6)12-3)30(35(29)21-24(7)34(28,8)44-35)33(43)38(20-11-2)26-17-15-25(16-18-26)37(13-4)14-5/h10-11,15-18,23-24,27-30,40H,1-2,12-14,19-22H2,3-9H3/t23-,24?,27-,28+,29-,30?,34-,35?/m0/s1. The highest BCUT2D eigenvalue weighted by Crippen LogP contribution is 2.66. The van der Waals surface area contributed by atoms with Gasteiger partial charge in [-0.2, -0.15) is 0 Å². The Kier molecular flexibility index (Phi) is 10.0. The molecular formula is C35H52N4O5. The minimum absolute atomic E-state index is 0.0785. The highest BCUT2D eigenvalue weighted by atomic mass is 16.5. The third kappa shape index (κ3) is 5.15. The Bertz CT molecular complexity index is 1250. The number of carbonyl (C=O) groups is 3. The van der Waals surface area contributed by atoms with Crippen molar-refractivity contribution in [3.8, 4) is 0 Å². The molecule has 0 saturated carbocycles. The third-order valence-electron chi connectivity index (χ3n) is 10.7. The number of carbonyl (C=O) groups excluding carboxylic acids is 3. The van der Waals surface area contributed by atoms with E-state index in [1.165, 1.54) is 0 Å². The lowest BCUT2D eigenvalue weighted by Crippen LogP contribution is -2.60. The summed E-state index contributed by atoms with van der Waals surface area (Å²) in [6.45, 7) is 21.9. The molecule has 242 valence electrons. The maximum absolute atomic E-state index is 15.0. The van der Waals surface area contributed by atoms with Crippen LogP contribution < -0.4 is 9.80 Å². The Morgan fingerprint density at radius 2 is 1.68 bits per heavy atom. The molecule has 4 rings (SSSR count). The number of benzene rings is 1. The number of hydrogen-bond donors (Lipinski definition) is 1. The van der Waals surface area contributed by atoms with E-state index < -0.39 is 35.1 Å². The number of nitrogens with zero attached hydrogens (tertiary/aromatic N) is 4. The van der Waals surface area contributed by atoms with Gasteiger partial charge in [0.25, 0.3) is 5.91 Å². The number of anilines is 2. The Labute approximate surface area is 263 Å².